The lowest BCUT2D eigenvalue weighted by atomic mass is 9.86. The second kappa shape index (κ2) is 10.4. The van der Waals surface area contributed by atoms with Crippen LogP contribution in [0, 0.1) is 0 Å². The first-order valence-corrected chi connectivity index (χ1v) is 13.5. The molecule has 1 fully saturated rings. The van der Waals surface area contributed by atoms with Crippen molar-refractivity contribution in [3.8, 4) is 10.4 Å². The third kappa shape index (κ3) is 7.00. The number of nitrogens with one attached hydrogen (secondary N) is 3. The molecule has 1 aromatic heterocycles. The number of sulfonamides is 1. The molecule has 0 spiro atoms. The Morgan fingerprint density at radius 3 is 2.44 bits per heavy atom. The van der Waals surface area contributed by atoms with E-state index in [0.29, 0.717) is 11.1 Å². The zero-order valence-corrected chi connectivity index (χ0v) is 21.5. The molecule has 9 nitrogen and oxygen atoms in total. The minimum Gasteiger partial charge on any atom is -0.465 e. The number of carbonyl (C=O) groups excluding carboxylic acids is 1. The fourth-order valence-electron chi connectivity index (χ4n) is 4.05. The van der Waals surface area contributed by atoms with E-state index in [-0.39, 0.29) is 29.3 Å². The summed E-state index contributed by atoms with van der Waals surface area (Å²) in [5, 5.41) is 15.1. The van der Waals surface area contributed by atoms with Crippen molar-refractivity contribution in [1.29, 1.82) is 0 Å². The van der Waals surface area contributed by atoms with E-state index in [1.54, 1.807) is 39.1 Å². The number of thiazole rings is 1. The summed E-state index contributed by atoms with van der Waals surface area (Å²) in [6.45, 7) is 7.00. The first kappa shape index (κ1) is 26.1. The Morgan fingerprint density at radius 2 is 1.85 bits per heavy atom. The zero-order valence-electron chi connectivity index (χ0n) is 19.8. The average molecular weight is 509 g/mol. The molecular formula is C23H32N4O5S2. The van der Waals surface area contributed by atoms with Gasteiger partial charge in [-0.3, -0.25) is 4.79 Å². The number of benzene rings is 1. The zero-order chi connectivity index (χ0) is 25.1. The molecule has 0 radical (unpaired) electrons. The molecule has 11 heteroatoms. The highest BCUT2D eigenvalue weighted by Crippen LogP contribution is 2.39. The minimum atomic E-state index is -3.84. The lowest BCUT2D eigenvalue weighted by molar-refractivity contribution is -0.119. The van der Waals surface area contributed by atoms with E-state index in [1.165, 1.54) is 18.3 Å². The van der Waals surface area contributed by atoms with Gasteiger partial charge in [0, 0.05) is 42.7 Å². The highest BCUT2D eigenvalue weighted by atomic mass is 32.2. The van der Waals surface area contributed by atoms with Crippen LogP contribution in [0.3, 0.4) is 0 Å². The van der Waals surface area contributed by atoms with Gasteiger partial charge in [0.1, 0.15) is 0 Å². The minimum absolute atomic E-state index is 0.0374. The molecule has 2 amide bonds. The maximum Gasteiger partial charge on any atom is 0.404 e. The van der Waals surface area contributed by atoms with E-state index in [1.807, 2.05) is 6.07 Å². The fraction of sp³-hybridized carbons (Fsp3) is 0.522. The predicted molar refractivity (Wildman–Crippen MR) is 131 cm³/mol. The molecule has 34 heavy (non-hydrogen) atoms. The Kier molecular flexibility index (Phi) is 7.99. The van der Waals surface area contributed by atoms with E-state index >= 15 is 0 Å². The molecule has 0 saturated heterocycles. The summed E-state index contributed by atoms with van der Waals surface area (Å²) in [5.74, 6) is 0.0269. The molecule has 0 aliphatic heterocycles. The van der Waals surface area contributed by atoms with Crippen LogP contribution in [0.1, 0.15) is 69.9 Å². The predicted octanol–water partition coefficient (Wildman–Crippen LogP) is 3.82. The number of hydrogen-bond acceptors (Lipinski definition) is 6. The van der Waals surface area contributed by atoms with Crippen LogP contribution in [-0.4, -0.2) is 42.1 Å². The fourth-order valence-corrected chi connectivity index (χ4v) is 6.93. The number of carboxylic acid groups (broad SMARTS) is 1. The lowest BCUT2D eigenvalue weighted by Gasteiger charge is -2.27. The van der Waals surface area contributed by atoms with Gasteiger partial charge in [0.05, 0.1) is 14.8 Å². The average Bonchev–Trinajstić information content (AvgIpc) is 3.20. The summed E-state index contributed by atoms with van der Waals surface area (Å²) in [6.07, 6.45) is 3.85. The summed E-state index contributed by atoms with van der Waals surface area (Å²) < 4.78 is 29.3. The summed E-state index contributed by atoms with van der Waals surface area (Å²) in [7, 11) is -3.84. The third-order valence-corrected chi connectivity index (χ3v) is 8.50. The molecule has 1 aliphatic rings. The number of aromatic nitrogens is 1. The van der Waals surface area contributed by atoms with Gasteiger partial charge in [-0.15, -0.1) is 11.3 Å². The van der Waals surface area contributed by atoms with E-state index in [0.717, 1.165) is 35.6 Å². The summed E-state index contributed by atoms with van der Waals surface area (Å²) >= 11 is 1.47. The number of amides is 2. The molecule has 1 aliphatic carbocycles. The van der Waals surface area contributed by atoms with Crippen molar-refractivity contribution in [2.75, 3.05) is 0 Å². The van der Waals surface area contributed by atoms with E-state index in [4.69, 9.17) is 5.11 Å². The molecule has 0 atom stereocenters. The van der Waals surface area contributed by atoms with Crippen LogP contribution < -0.4 is 15.4 Å². The van der Waals surface area contributed by atoms with Crippen LogP contribution >= 0.6 is 11.3 Å². The molecule has 2 aromatic rings. The molecule has 186 valence electrons. The molecule has 3 rings (SSSR count). The highest BCUT2D eigenvalue weighted by Gasteiger charge is 2.28. The second-order valence-corrected chi connectivity index (χ2v) is 12.4. The van der Waals surface area contributed by atoms with Gasteiger partial charge in [-0.25, -0.2) is 22.9 Å². The van der Waals surface area contributed by atoms with Crippen molar-refractivity contribution >= 4 is 33.4 Å². The van der Waals surface area contributed by atoms with Crippen molar-refractivity contribution in [2.45, 2.75) is 82.3 Å². The monoisotopic (exact) mass is 508 g/mol. The van der Waals surface area contributed by atoms with Gasteiger partial charge < -0.3 is 15.7 Å². The van der Waals surface area contributed by atoms with E-state index < -0.39 is 21.7 Å². The van der Waals surface area contributed by atoms with E-state index in [2.05, 4.69) is 20.3 Å². The quantitative estimate of drug-likeness (QED) is 0.449. The molecule has 1 aromatic carbocycles. The number of hydrogen-bond donors (Lipinski definition) is 4. The van der Waals surface area contributed by atoms with Crippen LogP contribution in [0.2, 0.25) is 0 Å². The number of nitrogens with zero attached hydrogens (tertiary/aromatic N) is 1. The largest absolute Gasteiger partial charge is 0.465 e. The van der Waals surface area contributed by atoms with Gasteiger partial charge >= 0.3 is 6.09 Å². The van der Waals surface area contributed by atoms with Crippen LogP contribution in [0.25, 0.3) is 10.4 Å². The van der Waals surface area contributed by atoms with Gasteiger partial charge in [-0.2, -0.15) is 0 Å². The van der Waals surface area contributed by atoms with Gasteiger partial charge in [0.15, 0.2) is 0 Å². The number of carbonyl (C=O) groups is 2. The Hall–Kier alpha value is -2.50. The molecule has 0 bridgehead atoms. The van der Waals surface area contributed by atoms with Crippen LogP contribution in [-0.2, 0) is 21.4 Å². The number of rotatable bonds is 7. The van der Waals surface area contributed by atoms with Crippen LogP contribution in [0.5, 0.6) is 0 Å². The van der Waals surface area contributed by atoms with E-state index in [9.17, 15) is 18.0 Å². The third-order valence-electron chi connectivity index (χ3n) is 5.51. The Morgan fingerprint density at radius 1 is 1.18 bits per heavy atom. The summed E-state index contributed by atoms with van der Waals surface area (Å²) in [6, 6.07) is 5.13. The second-order valence-electron chi connectivity index (χ2n) is 9.66. The van der Waals surface area contributed by atoms with Gasteiger partial charge in [0.25, 0.3) is 0 Å². The van der Waals surface area contributed by atoms with Crippen molar-refractivity contribution in [1.82, 2.24) is 20.3 Å². The van der Waals surface area contributed by atoms with Crippen LogP contribution in [0.4, 0.5) is 4.79 Å². The molecule has 0 unspecified atom stereocenters. The summed E-state index contributed by atoms with van der Waals surface area (Å²) in [5.41, 5.74) is 0.584. The van der Waals surface area contributed by atoms with Crippen molar-refractivity contribution in [2.24, 2.45) is 0 Å². The molecule has 1 heterocycles. The van der Waals surface area contributed by atoms with Crippen molar-refractivity contribution in [3.05, 3.63) is 35.0 Å². The topological polar surface area (TPSA) is 137 Å². The standard InChI is InChI=1S/C23H32N4O5S2/c1-14(28)24-12-15-5-10-18(20(11-15)34(31,32)27-23(2,3)4)19-13-25-21(33-19)16-6-8-17(9-7-16)26-22(29)30/h5,10-11,13,16-17,26-27H,6-9,12H2,1-4H3,(H,24,28)(H,29,30)/t16-,17-. The lowest BCUT2D eigenvalue weighted by Crippen LogP contribution is -2.40. The van der Waals surface area contributed by atoms with Crippen molar-refractivity contribution in [3.63, 3.8) is 0 Å². The Bertz CT molecular complexity index is 1150. The molecule has 1 saturated carbocycles. The normalized spacial score (nSPS) is 18.9. The maximum absolute atomic E-state index is 13.3. The molecular weight excluding hydrogens is 476 g/mol. The van der Waals surface area contributed by atoms with Crippen LogP contribution in [0.15, 0.2) is 29.3 Å². The molecule has 4 N–H and O–H groups in total. The van der Waals surface area contributed by atoms with Gasteiger partial charge in [0.2, 0.25) is 15.9 Å². The highest BCUT2D eigenvalue weighted by molar-refractivity contribution is 7.89. The van der Waals surface area contributed by atoms with Gasteiger partial charge in [-0.05, 0) is 58.1 Å². The van der Waals surface area contributed by atoms with Crippen molar-refractivity contribution < 1.29 is 23.1 Å². The maximum atomic E-state index is 13.3. The van der Waals surface area contributed by atoms with Gasteiger partial charge in [-0.1, -0.05) is 12.1 Å². The smallest absolute Gasteiger partial charge is 0.404 e. The first-order valence-electron chi connectivity index (χ1n) is 11.2. The summed E-state index contributed by atoms with van der Waals surface area (Å²) in [4.78, 5) is 27.7. The Balaban J connectivity index is 1.89. The first-order chi connectivity index (χ1) is 15.8. The Labute approximate surface area is 204 Å². The SMILES string of the molecule is CC(=O)NCc1ccc(-c2cnc([C@H]3CC[C@H](NC(=O)O)CC3)s2)c(S(=O)(=O)NC(C)(C)C)c1.